The minimum absolute atomic E-state index is 0.00120. The van der Waals surface area contributed by atoms with Gasteiger partial charge in [-0.25, -0.2) is 4.79 Å². The first-order valence-electron chi connectivity index (χ1n) is 8.62. The molecule has 0 fully saturated rings. The number of benzene rings is 2. The molecule has 0 radical (unpaired) electrons. The number of nitrogens with zero attached hydrogens (tertiary/aromatic N) is 1. The first-order chi connectivity index (χ1) is 13.5. The van der Waals surface area contributed by atoms with Crippen LogP contribution in [0.1, 0.15) is 11.1 Å². The van der Waals surface area contributed by atoms with Crippen LogP contribution >= 0.6 is 0 Å². The van der Waals surface area contributed by atoms with Gasteiger partial charge in [0.1, 0.15) is 11.6 Å². The van der Waals surface area contributed by atoms with E-state index < -0.39 is 5.97 Å². The maximum absolute atomic E-state index is 11.2. The molecule has 2 rings (SSSR count). The van der Waals surface area contributed by atoms with Gasteiger partial charge in [0, 0.05) is 6.54 Å². The Hall–Kier alpha value is -3.43. The van der Waals surface area contributed by atoms with E-state index in [0.29, 0.717) is 13.0 Å². The number of rotatable bonds is 6. The highest BCUT2D eigenvalue weighted by atomic mass is 16.5. The molecule has 0 aromatic heterocycles. The first kappa shape index (κ1) is 22.6. The van der Waals surface area contributed by atoms with Gasteiger partial charge >= 0.3 is 11.9 Å². The molecule has 0 aliphatic heterocycles. The number of hydrogen-bond acceptors (Lipinski definition) is 6. The quantitative estimate of drug-likeness (QED) is 0.470. The number of methoxy groups -OCH3 is 2. The molecule has 0 saturated carbocycles. The van der Waals surface area contributed by atoms with E-state index in [1.165, 1.54) is 20.3 Å². The van der Waals surface area contributed by atoms with Crippen molar-refractivity contribution in [1.82, 2.24) is 0 Å². The third-order valence-corrected chi connectivity index (χ3v) is 3.78. The summed E-state index contributed by atoms with van der Waals surface area (Å²) >= 11 is 0. The van der Waals surface area contributed by atoms with Crippen LogP contribution in [0.3, 0.4) is 0 Å². The molecule has 0 aliphatic rings. The van der Waals surface area contributed by atoms with Crippen LogP contribution in [-0.4, -0.2) is 32.7 Å². The van der Waals surface area contributed by atoms with Crippen molar-refractivity contribution >= 4 is 18.0 Å². The Kier molecular flexibility index (Phi) is 10.4. The summed E-state index contributed by atoms with van der Waals surface area (Å²) in [6, 6.07) is 20.7. The minimum Gasteiger partial charge on any atom is -0.469 e. The number of nitriles is 1. The second-order valence-corrected chi connectivity index (χ2v) is 5.72. The second-order valence-electron chi connectivity index (χ2n) is 5.72. The van der Waals surface area contributed by atoms with E-state index in [9.17, 15) is 9.59 Å². The number of ether oxygens (including phenoxy) is 2. The van der Waals surface area contributed by atoms with Crippen molar-refractivity contribution in [2.24, 2.45) is 11.7 Å². The molecule has 2 N–H and O–H groups in total. The molecule has 0 spiro atoms. The molecule has 0 heterocycles. The Labute approximate surface area is 165 Å². The molecule has 2 aromatic carbocycles. The maximum Gasteiger partial charge on any atom is 0.348 e. The number of carbonyl (C=O) groups excluding carboxylic acids is 2. The topological polar surface area (TPSA) is 102 Å². The van der Waals surface area contributed by atoms with Gasteiger partial charge in [-0.3, -0.25) is 4.79 Å². The number of carbonyl (C=O) groups is 2. The van der Waals surface area contributed by atoms with Crippen LogP contribution in [0.15, 0.2) is 66.2 Å². The first-order valence-corrected chi connectivity index (χ1v) is 8.62. The fraction of sp³-hybridized carbons (Fsp3) is 0.227. The summed E-state index contributed by atoms with van der Waals surface area (Å²) in [5.74, 6) is -1.09. The molecule has 0 bridgehead atoms. The SMILES string of the molecule is COC(=O)/C(C#N)=C\c1ccccc1.COC(=O)C(CN)Cc1ccccc1. The molecule has 1 atom stereocenters. The molecule has 146 valence electrons. The van der Waals surface area contributed by atoms with Gasteiger partial charge in [-0.1, -0.05) is 60.7 Å². The van der Waals surface area contributed by atoms with E-state index in [4.69, 9.17) is 11.0 Å². The standard InChI is InChI=1S/C11H15NO2.C11H9NO2/c2*1-14-11(13)10(8-12)7-9-5-3-2-4-6-9/h2-6,10H,7-8,12H2,1H3;2-7H,1H3/b;10-7-. The van der Waals surface area contributed by atoms with Gasteiger partial charge in [0.2, 0.25) is 0 Å². The predicted octanol–water partition coefficient (Wildman–Crippen LogP) is 2.74. The van der Waals surface area contributed by atoms with Crippen molar-refractivity contribution in [2.75, 3.05) is 20.8 Å². The van der Waals surface area contributed by atoms with Crippen LogP contribution < -0.4 is 5.73 Å². The summed E-state index contributed by atoms with van der Waals surface area (Å²) in [7, 11) is 2.63. The molecule has 2 aromatic rings. The number of nitrogens with two attached hydrogens (primary N) is 1. The van der Waals surface area contributed by atoms with Gasteiger partial charge < -0.3 is 15.2 Å². The van der Waals surface area contributed by atoms with E-state index in [-0.39, 0.29) is 17.5 Å². The van der Waals surface area contributed by atoms with Crippen molar-refractivity contribution in [3.63, 3.8) is 0 Å². The molecule has 0 aliphatic carbocycles. The van der Waals surface area contributed by atoms with Gasteiger partial charge in [-0.15, -0.1) is 0 Å². The molecule has 6 heteroatoms. The summed E-state index contributed by atoms with van der Waals surface area (Å²) < 4.78 is 9.10. The Morgan fingerprint density at radius 2 is 1.61 bits per heavy atom. The monoisotopic (exact) mass is 380 g/mol. The molecule has 6 nitrogen and oxygen atoms in total. The van der Waals surface area contributed by atoms with Crippen LogP contribution in [0.2, 0.25) is 0 Å². The lowest BCUT2D eigenvalue weighted by molar-refractivity contribution is -0.145. The maximum atomic E-state index is 11.2. The van der Waals surface area contributed by atoms with E-state index in [2.05, 4.69) is 9.47 Å². The van der Waals surface area contributed by atoms with Crippen molar-refractivity contribution in [3.8, 4) is 6.07 Å². The average molecular weight is 380 g/mol. The smallest absolute Gasteiger partial charge is 0.348 e. The lowest BCUT2D eigenvalue weighted by Crippen LogP contribution is -2.26. The normalized spacial score (nSPS) is 11.3. The van der Waals surface area contributed by atoms with Gasteiger partial charge in [0.05, 0.1) is 20.1 Å². The van der Waals surface area contributed by atoms with E-state index in [1.54, 1.807) is 18.2 Å². The summed E-state index contributed by atoms with van der Waals surface area (Å²) in [6.45, 7) is 0.321. The Morgan fingerprint density at radius 3 is 2.07 bits per heavy atom. The zero-order valence-electron chi connectivity index (χ0n) is 16.0. The highest BCUT2D eigenvalue weighted by molar-refractivity contribution is 5.97. The number of esters is 2. The highest BCUT2D eigenvalue weighted by Crippen LogP contribution is 2.09. The summed E-state index contributed by atoms with van der Waals surface area (Å²) in [5, 5.41) is 8.67. The Bertz CT molecular complexity index is 811. The summed E-state index contributed by atoms with van der Waals surface area (Å²) in [5.41, 5.74) is 7.40. The summed E-state index contributed by atoms with van der Waals surface area (Å²) in [4.78, 5) is 22.3. The molecule has 1 unspecified atom stereocenters. The molecule has 0 saturated heterocycles. The minimum atomic E-state index is -0.614. The zero-order valence-corrected chi connectivity index (χ0v) is 16.0. The third-order valence-electron chi connectivity index (χ3n) is 3.78. The van der Waals surface area contributed by atoms with Gasteiger partial charge in [0.25, 0.3) is 0 Å². The van der Waals surface area contributed by atoms with E-state index in [0.717, 1.165) is 11.1 Å². The predicted molar refractivity (Wildman–Crippen MR) is 107 cm³/mol. The second kappa shape index (κ2) is 12.8. The molecular weight excluding hydrogens is 356 g/mol. The van der Waals surface area contributed by atoms with Crippen molar-refractivity contribution in [2.45, 2.75) is 6.42 Å². The lowest BCUT2D eigenvalue weighted by atomic mass is 10.00. The van der Waals surface area contributed by atoms with Gasteiger partial charge in [-0.05, 0) is 23.6 Å². The van der Waals surface area contributed by atoms with Crippen LogP contribution in [-0.2, 0) is 25.5 Å². The van der Waals surface area contributed by atoms with Gasteiger partial charge in [-0.2, -0.15) is 5.26 Å². The molecular formula is C22H24N2O4. The Balaban J connectivity index is 0.000000280. The van der Waals surface area contributed by atoms with Crippen molar-refractivity contribution in [1.29, 1.82) is 5.26 Å². The molecule has 28 heavy (non-hydrogen) atoms. The average Bonchev–Trinajstić information content (AvgIpc) is 2.76. The summed E-state index contributed by atoms with van der Waals surface area (Å²) in [6.07, 6.45) is 2.13. The fourth-order valence-electron chi connectivity index (χ4n) is 2.29. The highest BCUT2D eigenvalue weighted by Gasteiger charge is 2.17. The van der Waals surface area contributed by atoms with Crippen LogP contribution in [0.5, 0.6) is 0 Å². The van der Waals surface area contributed by atoms with E-state index >= 15 is 0 Å². The fourth-order valence-corrected chi connectivity index (χ4v) is 2.29. The van der Waals surface area contributed by atoms with Gasteiger partial charge in [0.15, 0.2) is 0 Å². The zero-order chi connectivity index (χ0) is 20.8. The third kappa shape index (κ3) is 7.85. The Morgan fingerprint density at radius 1 is 1.04 bits per heavy atom. The largest absolute Gasteiger partial charge is 0.469 e. The van der Waals surface area contributed by atoms with Crippen LogP contribution in [0.4, 0.5) is 0 Å². The van der Waals surface area contributed by atoms with E-state index in [1.807, 2.05) is 48.5 Å². The van der Waals surface area contributed by atoms with Crippen LogP contribution in [0, 0.1) is 17.2 Å². The van der Waals surface area contributed by atoms with Crippen molar-refractivity contribution < 1.29 is 19.1 Å². The van der Waals surface area contributed by atoms with Crippen LogP contribution in [0.25, 0.3) is 6.08 Å². The number of hydrogen-bond donors (Lipinski definition) is 1. The molecule has 0 amide bonds. The lowest BCUT2D eigenvalue weighted by Gasteiger charge is -2.11. The van der Waals surface area contributed by atoms with Crippen molar-refractivity contribution in [3.05, 3.63) is 77.4 Å².